The molecule has 1 N–H and O–H groups in total. The van der Waals surface area contributed by atoms with Crippen LogP contribution < -0.4 is 5.32 Å². The lowest BCUT2D eigenvalue weighted by atomic mass is 10.3. The zero-order valence-electron chi connectivity index (χ0n) is 9.81. The molecule has 1 fully saturated rings. The Bertz CT molecular complexity index is 350. The van der Waals surface area contributed by atoms with Crippen LogP contribution in [-0.4, -0.2) is 72.3 Å². The minimum Gasteiger partial charge on any atom is -0.332 e. The average Bonchev–Trinajstić information content (AvgIpc) is 2.82. The quantitative estimate of drug-likeness (QED) is 0.563. The van der Waals surface area contributed by atoms with Crippen LogP contribution in [-0.2, 0) is 9.59 Å². The third kappa shape index (κ3) is 3.19. The Kier molecular flexibility index (Phi) is 4.01. The second-order valence-corrected chi connectivity index (χ2v) is 5.17. The largest absolute Gasteiger partial charge is 0.332 e. The summed E-state index contributed by atoms with van der Waals surface area (Å²) in [5, 5.41) is 3.12. The standard InChI is InChI=1S/C10H16N4O2S/c1-13-3-5-14(6-4-13)9(16)8(15)12-10-11-2-7-17-10/h2-7H2,1H3,(H,11,12,15). The number of likely N-dealkylation sites (N-methyl/N-ethyl adjacent to an activating group) is 1. The summed E-state index contributed by atoms with van der Waals surface area (Å²) in [4.78, 5) is 31.3. The molecule has 2 aliphatic rings. The van der Waals surface area contributed by atoms with E-state index in [9.17, 15) is 9.59 Å². The number of nitrogens with zero attached hydrogens (tertiary/aromatic N) is 3. The molecule has 0 spiro atoms. The molecule has 2 heterocycles. The van der Waals surface area contributed by atoms with Gasteiger partial charge in [0.15, 0.2) is 5.17 Å². The highest BCUT2D eigenvalue weighted by atomic mass is 32.2. The monoisotopic (exact) mass is 256 g/mol. The van der Waals surface area contributed by atoms with Gasteiger partial charge in [0, 0.05) is 31.9 Å². The van der Waals surface area contributed by atoms with Crippen LogP contribution in [0.5, 0.6) is 0 Å². The van der Waals surface area contributed by atoms with Crippen molar-refractivity contribution in [3.05, 3.63) is 0 Å². The summed E-state index contributed by atoms with van der Waals surface area (Å²) in [6.07, 6.45) is 0. The van der Waals surface area contributed by atoms with E-state index < -0.39 is 11.8 Å². The van der Waals surface area contributed by atoms with Gasteiger partial charge in [0.2, 0.25) is 0 Å². The number of hydrogen-bond acceptors (Lipinski definition) is 5. The topological polar surface area (TPSA) is 65.0 Å². The fraction of sp³-hybridized carbons (Fsp3) is 0.700. The maximum Gasteiger partial charge on any atom is 0.315 e. The molecule has 0 atom stereocenters. The van der Waals surface area contributed by atoms with Crippen molar-refractivity contribution < 1.29 is 9.59 Å². The molecule has 0 aromatic rings. The average molecular weight is 256 g/mol. The van der Waals surface area contributed by atoms with Crippen LogP contribution in [0.1, 0.15) is 0 Å². The van der Waals surface area contributed by atoms with E-state index in [2.05, 4.69) is 15.2 Å². The van der Waals surface area contributed by atoms with Gasteiger partial charge in [0.1, 0.15) is 0 Å². The van der Waals surface area contributed by atoms with Crippen LogP contribution in [0.2, 0.25) is 0 Å². The summed E-state index contributed by atoms with van der Waals surface area (Å²) < 4.78 is 0. The lowest BCUT2D eigenvalue weighted by Crippen LogP contribution is -2.52. The molecule has 1 saturated heterocycles. The maximum absolute atomic E-state index is 11.8. The summed E-state index contributed by atoms with van der Waals surface area (Å²) in [7, 11) is 2.01. The van der Waals surface area contributed by atoms with Crippen LogP contribution in [0.15, 0.2) is 4.99 Å². The number of carbonyl (C=O) groups is 2. The molecule has 2 aliphatic heterocycles. The fourth-order valence-electron chi connectivity index (χ4n) is 1.71. The fourth-order valence-corrected chi connectivity index (χ4v) is 2.44. The first-order valence-corrected chi connectivity index (χ1v) is 6.61. The highest BCUT2D eigenvalue weighted by molar-refractivity contribution is 8.14. The van der Waals surface area contributed by atoms with E-state index in [1.807, 2.05) is 7.05 Å². The first-order valence-electron chi connectivity index (χ1n) is 5.63. The Labute approximate surface area is 104 Å². The van der Waals surface area contributed by atoms with Gasteiger partial charge in [-0.05, 0) is 7.05 Å². The molecule has 0 saturated carbocycles. The van der Waals surface area contributed by atoms with E-state index in [0.29, 0.717) is 24.8 Å². The molecule has 94 valence electrons. The molecule has 0 unspecified atom stereocenters. The molecule has 0 bridgehead atoms. The minimum atomic E-state index is -0.567. The summed E-state index contributed by atoms with van der Waals surface area (Å²) in [5.41, 5.74) is 0. The van der Waals surface area contributed by atoms with Crippen LogP contribution in [0, 0.1) is 0 Å². The maximum atomic E-state index is 11.8. The molecule has 0 aliphatic carbocycles. The number of nitrogens with one attached hydrogen (secondary N) is 1. The molecule has 7 heteroatoms. The van der Waals surface area contributed by atoms with Gasteiger partial charge >= 0.3 is 11.8 Å². The van der Waals surface area contributed by atoms with Gasteiger partial charge in [-0.1, -0.05) is 11.8 Å². The molecule has 2 rings (SSSR count). The summed E-state index contributed by atoms with van der Waals surface area (Å²) in [5.74, 6) is -0.144. The second kappa shape index (κ2) is 5.50. The lowest BCUT2D eigenvalue weighted by molar-refractivity contribution is -0.146. The van der Waals surface area contributed by atoms with Gasteiger partial charge < -0.3 is 9.80 Å². The lowest BCUT2D eigenvalue weighted by Gasteiger charge is -2.31. The molecule has 2 amide bonds. The number of aliphatic imine (C=N–C) groups is 1. The molecule has 0 aromatic heterocycles. The zero-order chi connectivity index (χ0) is 12.3. The molecule has 6 nitrogen and oxygen atoms in total. The first kappa shape index (κ1) is 12.4. The number of piperazine rings is 1. The highest BCUT2D eigenvalue weighted by Crippen LogP contribution is 2.09. The number of amides is 2. The summed E-state index contributed by atoms with van der Waals surface area (Å²) in [6.45, 7) is 3.57. The van der Waals surface area contributed by atoms with Crippen molar-refractivity contribution in [2.75, 3.05) is 45.5 Å². The number of hydrogen-bond donors (Lipinski definition) is 1. The molecular formula is C10H16N4O2S. The van der Waals surface area contributed by atoms with E-state index >= 15 is 0 Å². The normalized spacial score (nSPS) is 21.2. The van der Waals surface area contributed by atoms with Gasteiger partial charge in [-0.2, -0.15) is 0 Å². The van der Waals surface area contributed by atoms with Gasteiger partial charge in [-0.3, -0.25) is 19.9 Å². The van der Waals surface area contributed by atoms with Crippen LogP contribution in [0.3, 0.4) is 0 Å². The van der Waals surface area contributed by atoms with Crippen molar-refractivity contribution in [1.82, 2.24) is 15.1 Å². The van der Waals surface area contributed by atoms with E-state index in [4.69, 9.17) is 0 Å². The Morgan fingerprint density at radius 1 is 1.29 bits per heavy atom. The Hall–Kier alpha value is -1.08. The minimum absolute atomic E-state index is 0.451. The van der Waals surface area contributed by atoms with E-state index in [1.54, 1.807) is 4.90 Å². The van der Waals surface area contributed by atoms with Crippen LogP contribution in [0.4, 0.5) is 0 Å². The van der Waals surface area contributed by atoms with E-state index in [1.165, 1.54) is 11.8 Å². The van der Waals surface area contributed by atoms with Crippen molar-refractivity contribution in [2.45, 2.75) is 0 Å². The molecule has 0 aromatic carbocycles. The number of carbonyl (C=O) groups excluding carboxylic acids is 2. The van der Waals surface area contributed by atoms with E-state index in [-0.39, 0.29) is 0 Å². The zero-order valence-corrected chi connectivity index (χ0v) is 10.6. The van der Waals surface area contributed by atoms with Gasteiger partial charge in [-0.15, -0.1) is 0 Å². The van der Waals surface area contributed by atoms with Crippen molar-refractivity contribution in [3.8, 4) is 0 Å². The molecular weight excluding hydrogens is 240 g/mol. The van der Waals surface area contributed by atoms with Crippen molar-refractivity contribution in [1.29, 1.82) is 0 Å². The Morgan fingerprint density at radius 3 is 2.59 bits per heavy atom. The van der Waals surface area contributed by atoms with E-state index in [0.717, 1.165) is 18.8 Å². The first-order chi connectivity index (χ1) is 8.16. The van der Waals surface area contributed by atoms with Gasteiger partial charge in [0.25, 0.3) is 0 Å². The van der Waals surface area contributed by atoms with Crippen molar-refractivity contribution in [2.24, 2.45) is 4.99 Å². The molecule has 17 heavy (non-hydrogen) atoms. The summed E-state index contributed by atoms with van der Waals surface area (Å²) in [6, 6.07) is 0. The van der Waals surface area contributed by atoms with Crippen LogP contribution >= 0.6 is 11.8 Å². The SMILES string of the molecule is CN1CCN(C(=O)C(=O)NC2=NCCS2)CC1. The smallest absolute Gasteiger partial charge is 0.315 e. The molecule has 0 radical (unpaired) electrons. The summed E-state index contributed by atoms with van der Waals surface area (Å²) >= 11 is 1.47. The second-order valence-electron chi connectivity index (χ2n) is 4.08. The van der Waals surface area contributed by atoms with Gasteiger partial charge in [0.05, 0.1) is 6.54 Å². The Balaban J connectivity index is 1.84. The highest BCUT2D eigenvalue weighted by Gasteiger charge is 2.26. The number of rotatable bonds is 0. The Morgan fingerprint density at radius 2 is 2.00 bits per heavy atom. The third-order valence-corrected chi connectivity index (χ3v) is 3.68. The predicted molar refractivity (Wildman–Crippen MR) is 67.0 cm³/mol. The van der Waals surface area contributed by atoms with Crippen LogP contribution in [0.25, 0.3) is 0 Å². The van der Waals surface area contributed by atoms with Crippen molar-refractivity contribution in [3.63, 3.8) is 0 Å². The van der Waals surface area contributed by atoms with Crippen molar-refractivity contribution >= 4 is 28.7 Å². The predicted octanol–water partition coefficient (Wildman–Crippen LogP) is -1.02. The van der Waals surface area contributed by atoms with Gasteiger partial charge in [-0.25, -0.2) is 0 Å². The number of thioether (sulfide) groups is 1. The number of amidine groups is 1. The third-order valence-electron chi connectivity index (χ3n) is 2.79.